The van der Waals surface area contributed by atoms with Gasteiger partial charge in [-0.05, 0) is 53.2 Å². The molecule has 2 aromatic carbocycles. The molecule has 2 aromatic rings. The molecule has 120 valence electrons. The van der Waals surface area contributed by atoms with Crippen molar-refractivity contribution < 1.29 is 14.0 Å². The number of amides is 2. The van der Waals surface area contributed by atoms with Crippen molar-refractivity contribution in [2.45, 2.75) is 6.92 Å². The van der Waals surface area contributed by atoms with Crippen LogP contribution in [0.5, 0.6) is 0 Å². The van der Waals surface area contributed by atoms with Gasteiger partial charge in [-0.25, -0.2) is 4.39 Å². The van der Waals surface area contributed by atoms with Crippen molar-refractivity contribution in [2.24, 2.45) is 0 Å². The molecule has 0 fully saturated rings. The lowest BCUT2D eigenvalue weighted by Crippen LogP contribution is -2.44. The second kappa shape index (κ2) is 7.73. The van der Waals surface area contributed by atoms with Crippen molar-refractivity contribution in [3.8, 4) is 0 Å². The number of aryl methyl sites for hydroxylation is 1. The number of benzene rings is 2. The number of carbonyl (C=O) groups is 2. The van der Waals surface area contributed by atoms with Crippen LogP contribution in [0.3, 0.4) is 0 Å². The van der Waals surface area contributed by atoms with Crippen LogP contribution in [0.25, 0.3) is 0 Å². The molecular weight excluding hydrogens is 365 g/mol. The SMILES string of the molecule is Cc1ccc(NCC(=O)NNC(=O)c2cc(F)ccc2Br)cc1. The lowest BCUT2D eigenvalue weighted by atomic mass is 10.2. The maximum atomic E-state index is 13.1. The third-order valence-corrected chi connectivity index (χ3v) is 3.68. The minimum atomic E-state index is -0.611. The van der Waals surface area contributed by atoms with E-state index in [1.54, 1.807) is 0 Å². The molecule has 5 nitrogen and oxygen atoms in total. The summed E-state index contributed by atoms with van der Waals surface area (Å²) in [5, 5.41) is 2.92. The number of anilines is 1. The molecule has 0 heterocycles. The molecule has 0 radical (unpaired) electrons. The molecular formula is C16H15BrFN3O2. The Balaban J connectivity index is 1.83. The summed E-state index contributed by atoms with van der Waals surface area (Å²) < 4.78 is 13.6. The predicted molar refractivity (Wildman–Crippen MR) is 89.4 cm³/mol. The van der Waals surface area contributed by atoms with E-state index in [1.165, 1.54) is 12.1 Å². The fourth-order valence-electron chi connectivity index (χ4n) is 1.76. The summed E-state index contributed by atoms with van der Waals surface area (Å²) in [6.07, 6.45) is 0. The van der Waals surface area contributed by atoms with Gasteiger partial charge in [-0.2, -0.15) is 0 Å². The Morgan fingerprint density at radius 1 is 1.09 bits per heavy atom. The fraction of sp³-hybridized carbons (Fsp3) is 0.125. The van der Waals surface area contributed by atoms with E-state index in [0.717, 1.165) is 17.3 Å². The first-order valence-electron chi connectivity index (χ1n) is 6.80. The third-order valence-electron chi connectivity index (χ3n) is 2.99. The van der Waals surface area contributed by atoms with Crippen LogP contribution in [0.2, 0.25) is 0 Å². The smallest absolute Gasteiger partial charge is 0.270 e. The van der Waals surface area contributed by atoms with E-state index in [-0.39, 0.29) is 12.1 Å². The lowest BCUT2D eigenvalue weighted by molar-refractivity contribution is -0.120. The Hall–Kier alpha value is -2.41. The van der Waals surface area contributed by atoms with Crippen molar-refractivity contribution in [1.29, 1.82) is 0 Å². The average Bonchev–Trinajstić information content (AvgIpc) is 2.54. The molecule has 0 saturated carbocycles. The van der Waals surface area contributed by atoms with E-state index < -0.39 is 17.6 Å². The molecule has 0 bridgehead atoms. The van der Waals surface area contributed by atoms with Crippen molar-refractivity contribution in [3.63, 3.8) is 0 Å². The standard InChI is InChI=1S/C16H15BrFN3O2/c1-10-2-5-12(6-3-10)19-9-15(22)20-21-16(23)13-8-11(18)4-7-14(13)17/h2-8,19H,9H2,1H3,(H,20,22)(H,21,23). The second-order valence-corrected chi connectivity index (χ2v) is 5.70. The van der Waals surface area contributed by atoms with Gasteiger partial charge >= 0.3 is 0 Å². The van der Waals surface area contributed by atoms with Gasteiger partial charge in [0.25, 0.3) is 11.8 Å². The van der Waals surface area contributed by atoms with Gasteiger partial charge in [0.05, 0.1) is 12.1 Å². The quantitative estimate of drug-likeness (QED) is 0.715. The van der Waals surface area contributed by atoms with Crippen LogP contribution < -0.4 is 16.2 Å². The van der Waals surface area contributed by atoms with E-state index >= 15 is 0 Å². The molecule has 2 rings (SSSR count). The van der Waals surface area contributed by atoms with Gasteiger partial charge in [0, 0.05) is 10.2 Å². The first-order chi connectivity index (χ1) is 11.0. The predicted octanol–water partition coefficient (Wildman–Crippen LogP) is 2.77. The molecule has 0 spiro atoms. The average molecular weight is 380 g/mol. The highest BCUT2D eigenvalue weighted by Crippen LogP contribution is 2.17. The highest BCUT2D eigenvalue weighted by Gasteiger charge is 2.12. The van der Waals surface area contributed by atoms with E-state index in [1.807, 2.05) is 31.2 Å². The summed E-state index contributed by atoms with van der Waals surface area (Å²) in [6.45, 7) is 1.96. The second-order valence-electron chi connectivity index (χ2n) is 4.85. The minimum Gasteiger partial charge on any atom is -0.376 e. The summed E-state index contributed by atoms with van der Waals surface area (Å²) in [6, 6.07) is 11.3. The third kappa shape index (κ3) is 5.07. The van der Waals surface area contributed by atoms with Crippen LogP contribution in [-0.2, 0) is 4.79 Å². The zero-order valence-corrected chi connectivity index (χ0v) is 13.9. The fourth-order valence-corrected chi connectivity index (χ4v) is 2.19. The summed E-state index contributed by atoms with van der Waals surface area (Å²) in [5.41, 5.74) is 6.51. The van der Waals surface area contributed by atoms with Gasteiger partial charge in [-0.1, -0.05) is 17.7 Å². The van der Waals surface area contributed by atoms with Crippen LogP contribution in [-0.4, -0.2) is 18.4 Å². The van der Waals surface area contributed by atoms with Crippen molar-refractivity contribution in [3.05, 3.63) is 63.9 Å². The maximum absolute atomic E-state index is 13.1. The van der Waals surface area contributed by atoms with Gasteiger partial charge in [-0.3, -0.25) is 20.4 Å². The molecule has 0 aliphatic rings. The molecule has 0 saturated heterocycles. The zero-order valence-electron chi connectivity index (χ0n) is 12.3. The van der Waals surface area contributed by atoms with Crippen molar-refractivity contribution >= 4 is 33.4 Å². The van der Waals surface area contributed by atoms with E-state index in [9.17, 15) is 14.0 Å². The number of halogens is 2. The largest absolute Gasteiger partial charge is 0.376 e. The Kier molecular flexibility index (Phi) is 5.70. The number of nitrogens with one attached hydrogen (secondary N) is 3. The molecule has 0 unspecified atom stereocenters. The van der Waals surface area contributed by atoms with Crippen LogP contribution in [0.4, 0.5) is 10.1 Å². The van der Waals surface area contributed by atoms with E-state index in [4.69, 9.17) is 0 Å². The van der Waals surface area contributed by atoms with Gasteiger partial charge < -0.3 is 5.32 Å². The van der Waals surface area contributed by atoms with Gasteiger partial charge in [0.1, 0.15) is 5.82 Å². The summed E-state index contributed by atoms with van der Waals surface area (Å²) >= 11 is 3.15. The Bertz CT molecular complexity index is 720. The summed E-state index contributed by atoms with van der Waals surface area (Å²) in [7, 11) is 0. The monoisotopic (exact) mass is 379 g/mol. The molecule has 7 heteroatoms. The van der Waals surface area contributed by atoms with Crippen molar-refractivity contribution in [2.75, 3.05) is 11.9 Å². The number of hydrazine groups is 1. The van der Waals surface area contributed by atoms with Gasteiger partial charge in [-0.15, -0.1) is 0 Å². The summed E-state index contributed by atoms with van der Waals surface area (Å²) in [5.74, 6) is -1.57. The summed E-state index contributed by atoms with van der Waals surface area (Å²) in [4.78, 5) is 23.6. The molecule has 0 aliphatic carbocycles. The highest BCUT2D eigenvalue weighted by atomic mass is 79.9. The Morgan fingerprint density at radius 2 is 1.78 bits per heavy atom. The number of hydrogen-bond acceptors (Lipinski definition) is 3. The normalized spacial score (nSPS) is 10.0. The van der Waals surface area contributed by atoms with Crippen LogP contribution in [0.15, 0.2) is 46.9 Å². The van der Waals surface area contributed by atoms with Gasteiger partial charge in [0.15, 0.2) is 0 Å². The molecule has 0 aliphatic heterocycles. The first kappa shape index (κ1) is 17.0. The van der Waals surface area contributed by atoms with E-state index in [2.05, 4.69) is 32.1 Å². The zero-order chi connectivity index (χ0) is 16.8. The number of hydrogen-bond donors (Lipinski definition) is 3. The molecule has 2 amide bonds. The van der Waals surface area contributed by atoms with Crippen LogP contribution >= 0.6 is 15.9 Å². The topological polar surface area (TPSA) is 70.2 Å². The van der Waals surface area contributed by atoms with Crippen molar-refractivity contribution in [1.82, 2.24) is 10.9 Å². The van der Waals surface area contributed by atoms with Gasteiger partial charge in [0.2, 0.25) is 0 Å². The minimum absolute atomic E-state index is 0.00629. The van der Waals surface area contributed by atoms with E-state index in [0.29, 0.717) is 4.47 Å². The molecule has 0 atom stereocenters. The molecule has 23 heavy (non-hydrogen) atoms. The number of rotatable bonds is 4. The highest BCUT2D eigenvalue weighted by molar-refractivity contribution is 9.10. The number of carbonyl (C=O) groups excluding carboxylic acids is 2. The van der Waals surface area contributed by atoms with Crippen LogP contribution in [0.1, 0.15) is 15.9 Å². The van der Waals surface area contributed by atoms with Crippen LogP contribution in [0, 0.1) is 12.7 Å². The molecule has 0 aromatic heterocycles. The first-order valence-corrected chi connectivity index (χ1v) is 7.60. The molecule has 3 N–H and O–H groups in total. The lowest BCUT2D eigenvalue weighted by Gasteiger charge is -2.10. The maximum Gasteiger partial charge on any atom is 0.270 e. The Morgan fingerprint density at radius 3 is 2.48 bits per heavy atom. The Labute approximate surface area is 141 Å².